The zero-order chi connectivity index (χ0) is 23.2. The standard InChI is InChI=1S/C24H19F3N4O2/c1-30-12-17(11-28-30)20-14-31(13-16-9-18(24(25,26)27)7-8-19(16)20)23(32)21-10-22(33-29-21)15-5-3-2-4-6-15/h2-12,20H,13-14H2,1H3. The first kappa shape index (κ1) is 21.0. The van der Waals surface area contributed by atoms with E-state index in [9.17, 15) is 18.0 Å². The highest BCUT2D eigenvalue weighted by atomic mass is 19.4. The molecule has 168 valence electrons. The first-order chi connectivity index (χ1) is 15.8. The van der Waals surface area contributed by atoms with Crippen molar-refractivity contribution < 1.29 is 22.5 Å². The van der Waals surface area contributed by atoms with Crippen LogP contribution in [-0.4, -0.2) is 32.3 Å². The molecule has 1 amide bonds. The smallest absolute Gasteiger partial charge is 0.355 e. The Morgan fingerprint density at radius 3 is 2.61 bits per heavy atom. The number of carbonyl (C=O) groups excluding carboxylic acids is 1. The van der Waals surface area contributed by atoms with E-state index in [-0.39, 0.29) is 24.7 Å². The average molecular weight is 452 g/mol. The predicted molar refractivity (Wildman–Crippen MR) is 113 cm³/mol. The highest BCUT2D eigenvalue weighted by Gasteiger charge is 2.35. The number of hydrogen-bond acceptors (Lipinski definition) is 4. The van der Waals surface area contributed by atoms with Crippen molar-refractivity contribution >= 4 is 5.91 Å². The van der Waals surface area contributed by atoms with E-state index in [2.05, 4.69) is 10.3 Å². The quantitative estimate of drug-likeness (QED) is 0.444. The summed E-state index contributed by atoms with van der Waals surface area (Å²) in [5.74, 6) is -0.272. The van der Waals surface area contributed by atoms with E-state index in [0.29, 0.717) is 11.3 Å². The van der Waals surface area contributed by atoms with Gasteiger partial charge >= 0.3 is 6.18 Å². The van der Waals surface area contributed by atoms with Crippen LogP contribution in [0.2, 0.25) is 0 Å². The maximum absolute atomic E-state index is 13.3. The zero-order valence-electron chi connectivity index (χ0n) is 17.6. The van der Waals surface area contributed by atoms with Crippen LogP contribution in [0.15, 0.2) is 71.5 Å². The van der Waals surface area contributed by atoms with Gasteiger partial charge in [-0.15, -0.1) is 0 Å². The van der Waals surface area contributed by atoms with Crippen LogP contribution in [0.1, 0.15) is 38.7 Å². The summed E-state index contributed by atoms with van der Waals surface area (Å²) < 4.78 is 47.0. The molecule has 0 bridgehead atoms. The van der Waals surface area contributed by atoms with Gasteiger partial charge in [-0.3, -0.25) is 9.48 Å². The van der Waals surface area contributed by atoms with Crippen molar-refractivity contribution in [1.82, 2.24) is 19.8 Å². The third-order valence-electron chi connectivity index (χ3n) is 5.81. The van der Waals surface area contributed by atoms with Gasteiger partial charge in [-0.05, 0) is 28.8 Å². The van der Waals surface area contributed by atoms with Crippen LogP contribution >= 0.6 is 0 Å². The number of carbonyl (C=O) groups is 1. The molecule has 4 aromatic rings. The molecule has 0 aliphatic carbocycles. The van der Waals surface area contributed by atoms with Gasteiger partial charge in [0.15, 0.2) is 11.5 Å². The normalized spacial score (nSPS) is 16.0. The van der Waals surface area contributed by atoms with Crippen molar-refractivity contribution in [2.75, 3.05) is 6.54 Å². The monoisotopic (exact) mass is 452 g/mol. The molecule has 1 aliphatic heterocycles. The van der Waals surface area contributed by atoms with Gasteiger partial charge in [-0.2, -0.15) is 18.3 Å². The van der Waals surface area contributed by atoms with E-state index in [1.165, 1.54) is 11.0 Å². The molecule has 2 aromatic heterocycles. The van der Waals surface area contributed by atoms with Crippen LogP contribution in [0.25, 0.3) is 11.3 Å². The molecule has 0 saturated carbocycles. The maximum Gasteiger partial charge on any atom is 0.416 e. The summed E-state index contributed by atoms with van der Waals surface area (Å²) in [7, 11) is 1.77. The Hall–Kier alpha value is -3.88. The molecule has 0 N–H and O–H groups in total. The number of aromatic nitrogens is 3. The summed E-state index contributed by atoms with van der Waals surface area (Å²) in [5, 5.41) is 8.11. The second-order valence-electron chi connectivity index (χ2n) is 8.04. The van der Waals surface area contributed by atoms with E-state index in [1.54, 1.807) is 24.0 Å². The molecule has 3 heterocycles. The predicted octanol–water partition coefficient (Wildman–Crippen LogP) is 4.88. The van der Waals surface area contributed by atoms with Crippen LogP contribution in [0.5, 0.6) is 0 Å². The lowest BCUT2D eigenvalue weighted by molar-refractivity contribution is -0.137. The fourth-order valence-electron chi connectivity index (χ4n) is 4.18. The Kier molecular flexibility index (Phi) is 5.03. The fourth-order valence-corrected chi connectivity index (χ4v) is 4.18. The number of amides is 1. The molecule has 0 fully saturated rings. The number of hydrogen-bond donors (Lipinski definition) is 0. The van der Waals surface area contributed by atoms with E-state index < -0.39 is 17.6 Å². The summed E-state index contributed by atoms with van der Waals surface area (Å²) >= 11 is 0. The minimum atomic E-state index is -4.47. The van der Waals surface area contributed by atoms with Crippen molar-refractivity contribution in [2.45, 2.75) is 18.6 Å². The summed E-state index contributed by atoms with van der Waals surface area (Å²) in [5.41, 5.74) is 2.16. The first-order valence-electron chi connectivity index (χ1n) is 10.3. The van der Waals surface area contributed by atoms with Gasteiger partial charge in [0.1, 0.15) is 0 Å². The zero-order valence-corrected chi connectivity index (χ0v) is 17.6. The first-order valence-corrected chi connectivity index (χ1v) is 10.3. The molecule has 1 unspecified atom stereocenters. The van der Waals surface area contributed by atoms with Gasteiger partial charge in [0.05, 0.1) is 11.8 Å². The van der Waals surface area contributed by atoms with Crippen LogP contribution in [-0.2, 0) is 19.8 Å². The maximum atomic E-state index is 13.3. The van der Waals surface area contributed by atoms with Crippen LogP contribution < -0.4 is 0 Å². The average Bonchev–Trinajstić information content (AvgIpc) is 3.47. The van der Waals surface area contributed by atoms with Crippen LogP contribution in [0.4, 0.5) is 13.2 Å². The molecular formula is C24H19F3N4O2. The van der Waals surface area contributed by atoms with E-state index in [1.807, 2.05) is 36.5 Å². The number of fused-ring (bicyclic) bond motifs is 1. The molecule has 0 spiro atoms. The van der Waals surface area contributed by atoms with E-state index in [4.69, 9.17) is 4.52 Å². The van der Waals surface area contributed by atoms with E-state index >= 15 is 0 Å². The number of nitrogens with zero attached hydrogens (tertiary/aromatic N) is 4. The van der Waals surface area contributed by atoms with Crippen molar-refractivity contribution in [1.29, 1.82) is 0 Å². The Morgan fingerprint density at radius 2 is 1.91 bits per heavy atom. The Balaban J connectivity index is 1.50. The summed E-state index contributed by atoms with van der Waals surface area (Å²) in [6.07, 6.45) is -0.991. The van der Waals surface area contributed by atoms with Gasteiger partial charge in [0, 0.05) is 43.9 Å². The third-order valence-corrected chi connectivity index (χ3v) is 5.81. The highest BCUT2D eigenvalue weighted by Crippen LogP contribution is 2.38. The number of aryl methyl sites for hydroxylation is 1. The summed E-state index contributed by atoms with van der Waals surface area (Å²) in [6.45, 7) is 0.332. The Morgan fingerprint density at radius 1 is 1.12 bits per heavy atom. The second-order valence-corrected chi connectivity index (χ2v) is 8.04. The van der Waals surface area contributed by atoms with Crippen molar-refractivity contribution in [3.63, 3.8) is 0 Å². The molecule has 33 heavy (non-hydrogen) atoms. The number of benzene rings is 2. The van der Waals surface area contributed by atoms with Crippen molar-refractivity contribution in [2.24, 2.45) is 7.05 Å². The third kappa shape index (κ3) is 4.02. The van der Waals surface area contributed by atoms with Crippen molar-refractivity contribution in [3.8, 4) is 11.3 Å². The SMILES string of the molecule is Cn1cc(C2CN(C(=O)c3cc(-c4ccccc4)on3)Cc3cc(C(F)(F)F)ccc32)cn1. The largest absolute Gasteiger partial charge is 0.416 e. The molecule has 1 atom stereocenters. The van der Waals surface area contributed by atoms with Gasteiger partial charge in [0.25, 0.3) is 5.91 Å². The number of alkyl halides is 3. The van der Waals surface area contributed by atoms with Gasteiger partial charge in [0.2, 0.25) is 0 Å². The topological polar surface area (TPSA) is 64.2 Å². The minimum absolute atomic E-state index is 0.0440. The van der Waals surface area contributed by atoms with Gasteiger partial charge in [-0.1, -0.05) is 41.6 Å². The highest BCUT2D eigenvalue weighted by molar-refractivity contribution is 5.93. The molecule has 9 heteroatoms. The second kappa shape index (κ2) is 7.91. The minimum Gasteiger partial charge on any atom is -0.355 e. The molecule has 2 aromatic carbocycles. The molecule has 0 radical (unpaired) electrons. The summed E-state index contributed by atoms with van der Waals surface area (Å²) in [4.78, 5) is 14.8. The Bertz CT molecular complexity index is 1310. The number of halogens is 3. The molecule has 0 saturated heterocycles. The van der Waals surface area contributed by atoms with E-state index in [0.717, 1.165) is 28.8 Å². The molecule has 1 aliphatic rings. The van der Waals surface area contributed by atoms with Crippen LogP contribution in [0, 0.1) is 0 Å². The lowest BCUT2D eigenvalue weighted by atomic mass is 9.85. The number of rotatable bonds is 3. The molecular weight excluding hydrogens is 433 g/mol. The summed E-state index contributed by atoms with van der Waals surface area (Å²) in [6, 6.07) is 14.5. The Labute approximate surface area is 187 Å². The lowest BCUT2D eigenvalue weighted by Gasteiger charge is -2.34. The van der Waals surface area contributed by atoms with Crippen molar-refractivity contribution in [3.05, 3.63) is 94.9 Å². The molecule has 5 rings (SSSR count). The lowest BCUT2D eigenvalue weighted by Crippen LogP contribution is -2.39. The van der Waals surface area contributed by atoms with Gasteiger partial charge in [-0.25, -0.2) is 0 Å². The molecule has 6 nitrogen and oxygen atoms in total. The fraction of sp³-hybridized carbons (Fsp3) is 0.208. The van der Waals surface area contributed by atoms with Crippen LogP contribution in [0.3, 0.4) is 0 Å². The van der Waals surface area contributed by atoms with Gasteiger partial charge < -0.3 is 9.42 Å².